The van der Waals surface area contributed by atoms with Crippen molar-refractivity contribution in [2.75, 3.05) is 25.1 Å². The lowest BCUT2D eigenvalue weighted by atomic mass is 10.0. The number of aryl methyl sites for hydroxylation is 1. The fraction of sp³-hybridized carbons (Fsp3) is 0.333. The third-order valence-electron chi connectivity index (χ3n) is 5.18. The van der Waals surface area contributed by atoms with Crippen LogP contribution in [0.3, 0.4) is 0 Å². The molecule has 3 heterocycles. The number of aromatic nitrogens is 2. The number of benzene rings is 1. The van der Waals surface area contributed by atoms with Crippen molar-refractivity contribution in [1.82, 2.24) is 14.7 Å². The Morgan fingerprint density at radius 2 is 2.07 bits per heavy atom. The van der Waals surface area contributed by atoms with E-state index in [2.05, 4.69) is 15.6 Å². The van der Waals surface area contributed by atoms with Crippen LogP contribution >= 0.6 is 24.0 Å². The van der Waals surface area contributed by atoms with Gasteiger partial charge in [0, 0.05) is 30.5 Å². The Kier molecular flexibility index (Phi) is 7.18. The summed E-state index contributed by atoms with van der Waals surface area (Å²) in [6.45, 7) is 4.00. The molecular formula is C21H23Cl2FN4O2. The van der Waals surface area contributed by atoms with Gasteiger partial charge in [-0.2, -0.15) is 0 Å². The lowest BCUT2D eigenvalue weighted by molar-refractivity contribution is 0.0642. The smallest absolute Gasteiger partial charge is 0.269 e. The predicted molar refractivity (Wildman–Crippen MR) is 118 cm³/mol. The van der Waals surface area contributed by atoms with Gasteiger partial charge in [0.25, 0.3) is 5.91 Å². The molecule has 0 spiro atoms. The van der Waals surface area contributed by atoms with Crippen molar-refractivity contribution in [2.45, 2.75) is 19.8 Å². The largest absolute Gasteiger partial charge is 0.381 e. The molecule has 1 aliphatic heterocycles. The van der Waals surface area contributed by atoms with Gasteiger partial charge in [-0.25, -0.2) is 9.37 Å². The molecule has 160 valence electrons. The van der Waals surface area contributed by atoms with Crippen molar-refractivity contribution in [3.05, 3.63) is 58.8 Å². The van der Waals surface area contributed by atoms with Crippen molar-refractivity contribution < 1.29 is 13.9 Å². The van der Waals surface area contributed by atoms with Gasteiger partial charge in [0.1, 0.15) is 11.5 Å². The predicted octanol–water partition coefficient (Wildman–Crippen LogP) is 4.76. The number of carbonyl (C=O) groups is 1. The number of ether oxygens (including phenoxy) is 1. The molecule has 0 bridgehead atoms. The highest BCUT2D eigenvalue weighted by molar-refractivity contribution is 6.30. The molecule has 0 unspecified atom stereocenters. The maximum absolute atomic E-state index is 14.1. The van der Waals surface area contributed by atoms with Crippen molar-refractivity contribution in [1.29, 1.82) is 0 Å². The molecule has 4 rings (SSSR count). The normalized spacial score (nSPS) is 14.4. The summed E-state index contributed by atoms with van der Waals surface area (Å²) in [5.74, 6) is 0.249. The Bertz CT molecular complexity index is 1050. The van der Waals surface area contributed by atoms with Crippen molar-refractivity contribution >= 4 is 46.9 Å². The van der Waals surface area contributed by atoms with Crippen LogP contribution in [0, 0.1) is 18.7 Å². The van der Waals surface area contributed by atoms with E-state index in [1.165, 1.54) is 24.4 Å². The molecule has 0 saturated carbocycles. The molecule has 0 aliphatic carbocycles. The van der Waals surface area contributed by atoms with Gasteiger partial charge in [-0.05, 0) is 56.0 Å². The van der Waals surface area contributed by atoms with E-state index >= 15 is 0 Å². The zero-order valence-electron chi connectivity index (χ0n) is 16.5. The zero-order chi connectivity index (χ0) is 20.4. The zero-order valence-corrected chi connectivity index (χ0v) is 18.0. The summed E-state index contributed by atoms with van der Waals surface area (Å²) >= 11 is 5.98. The molecule has 1 amide bonds. The molecule has 2 aromatic heterocycles. The summed E-state index contributed by atoms with van der Waals surface area (Å²) < 4.78 is 21.3. The minimum absolute atomic E-state index is 0. The van der Waals surface area contributed by atoms with Crippen LogP contribution in [-0.2, 0) is 4.74 Å². The van der Waals surface area contributed by atoms with E-state index in [0.29, 0.717) is 34.5 Å². The maximum Gasteiger partial charge on any atom is 0.269 e. The van der Waals surface area contributed by atoms with E-state index in [1.54, 1.807) is 0 Å². The van der Waals surface area contributed by atoms with Crippen LogP contribution in [-0.4, -0.2) is 35.1 Å². The summed E-state index contributed by atoms with van der Waals surface area (Å²) in [6.07, 6.45) is 3.40. The molecule has 2 N–H and O–H groups in total. The number of hydrogen-bond acceptors (Lipinski definition) is 4. The standard InChI is InChI=1S/C21H22ClFN4O2.ClH/c1-13-2-5-18-20(26-17-10-15(22)3-4-16(17)23)24-12-19(27(13)18)21(28)25-11-14-6-8-29-9-7-14;/h2-5,10,12,14H,6-9,11H2,1H3,(H,24,26)(H,25,28);1H. The van der Waals surface area contributed by atoms with E-state index in [1.807, 2.05) is 23.5 Å². The Hall–Kier alpha value is -2.35. The summed E-state index contributed by atoms with van der Waals surface area (Å²) in [5.41, 5.74) is 2.22. The van der Waals surface area contributed by atoms with E-state index in [0.717, 1.165) is 31.7 Å². The molecule has 0 atom stereocenters. The number of nitrogens with one attached hydrogen (secondary N) is 2. The molecule has 1 fully saturated rings. The first kappa shape index (κ1) is 22.3. The molecule has 9 heteroatoms. The first-order valence-electron chi connectivity index (χ1n) is 9.58. The second-order valence-corrected chi connectivity index (χ2v) is 7.64. The van der Waals surface area contributed by atoms with Gasteiger partial charge < -0.3 is 19.8 Å². The van der Waals surface area contributed by atoms with Crippen molar-refractivity contribution in [3.63, 3.8) is 0 Å². The molecule has 3 aromatic rings. The first-order valence-corrected chi connectivity index (χ1v) is 9.96. The fourth-order valence-corrected chi connectivity index (χ4v) is 3.72. The Labute approximate surface area is 185 Å². The lowest BCUT2D eigenvalue weighted by Gasteiger charge is -2.22. The van der Waals surface area contributed by atoms with Gasteiger partial charge >= 0.3 is 0 Å². The number of halogens is 3. The number of rotatable bonds is 5. The van der Waals surface area contributed by atoms with Gasteiger partial charge in [0.2, 0.25) is 0 Å². The van der Waals surface area contributed by atoms with Crippen LogP contribution in [0.25, 0.3) is 5.52 Å². The summed E-state index contributed by atoms with van der Waals surface area (Å²) in [4.78, 5) is 17.2. The number of hydrogen-bond donors (Lipinski definition) is 2. The highest BCUT2D eigenvalue weighted by Crippen LogP contribution is 2.27. The van der Waals surface area contributed by atoms with Crippen LogP contribution in [0.1, 0.15) is 29.0 Å². The van der Waals surface area contributed by atoms with Gasteiger partial charge in [-0.1, -0.05) is 11.6 Å². The maximum atomic E-state index is 14.1. The molecule has 1 aliphatic rings. The average Bonchev–Trinajstić information content (AvgIpc) is 3.12. The number of carbonyl (C=O) groups excluding carboxylic acids is 1. The van der Waals surface area contributed by atoms with Gasteiger partial charge in [-0.3, -0.25) is 4.79 Å². The molecular weight excluding hydrogens is 430 g/mol. The Balaban J connectivity index is 0.00000256. The number of nitrogens with zero attached hydrogens (tertiary/aromatic N) is 2. The third kappa shape index (κ3) is 4.69. The van der Waals surface area contributed by atoms with E-state index in [-0.39, 0.29) is 24.0 Å². The van der Waals surface area contributed by atoms with Crippen LogP contribution in [0.4, 0.5) is 15.9 Å². The van der Waals surface area contributed by atoms with Crippen LogP contribution < -0.4 is 10.6 Å². The topological polar surface area (TPSA) is 67.7 Å². The summed E-state index contributed by atoms with van der Waals surface area (Å²) in [7, 11) is 0. The minimum atomic E-state index is -0.434. The number of amides is 1. The monoisotopic (exact) mass is 452 g/mol. The highest BCUT2D eigenvalue weighted by Gasteiger charge is 2.19. The van der Waals surface area contributed by atoms with Gasteiger partial charge in [0.05, 0.1) is 17.4 Å². The van der Waals surface area contributed by atoms with E-state index < -0.39 is 5.82 Å². The van der Waals surface area contributed by atoms with Crippen LogP contribution in [0.15, 0.2) is 36.5 Å². The molecule has 30 heavy (non-hydrogen) atoms. The lowest BCUT2D eigenvalue weighted by Crippen LogP contribution is -2.33. The fourth-order valence-electron chi connectivity index (χ4n) is 3.55. The Morgan fingerprint density at radius 1 is 1.30 bits per heavy atom. The summed E-state index contributed by atoms with van der Waals surface area (Å²) in [6, 6.07) is 8.02. The second-order valence-electron chi connectivity index (χ2n) is 7.20. The average molecular weight is 453 g/mol. The SMILES string of the molecule is Cc1ccc2c(Nc3cc(Cl)ccc3F)ncc(C(=O)NCC3CCOCC3)n12.Cl. The number of fused-ring (bicyclic) bond motifs is 1. The number of anilines is 2. The van der Waals surface area contributed by atoms with E-state index in [4.69, 9.17) is 16.3 Å². The molecule has 1 aromatic carbocycles. The Morgan fingerprint density at radius 3 is 2.83 bits per heavy atom. The first-order chi connectivity index (χ1) is 14.0. The van der Waals surface area contributed by atoms with Gasteiger partial charge in [0.15, 0.2) is 5.82 Å². The van der Waals surface area contributed by atoms with Crippen LogP contribution in [0.5, 0.6) is 0 Å². The minimum Gasteiger partial charge on any atom is -0.381 e. The molecule has 6 nitrogen and oxygen atoms in total. The highest BCUT2D eigenvalue weighted by atomic mass is 35.5. The van der Waals surface area contributed by atoms with Crippen molar-refractivity contribution in [3.8, 4) is 0 Å². The quantitative estimate of drug-likeness (QED) is 0.585. The van der Waals surface area contributed by atoms with Crippen LogP contribution in [0.2, 0.25) is 5.02 Å². The molecule has 0 radical (unpaired) electrons. The summed E-state index contributed by atoms with van der Waals surface area (Å²) in [5, 5.41) is 6.41. The van der Waals surface area contributed by atoms with Gasteiger partial charge in [-0.15, -0.1) is 12.4 Å². The van der Waals surface area contributed by atoms with Crippen molar-refractivity contribution in [2.24, 2.45) is 5.92 Å². The third-order valence-corrected chi connectivity index (χ3v) is 5.42. The van der Waals surface area contributed by atoms with E-state index in [9.17, 15) is 9.18 Å². The second kappa shape index (κ2) is 9.64. The molecule has 1 saturated heterocycles.